The van der Waals surface area contributed by atoms with E-state index in [0.717, 1.165) is 0 Å². The van der Waals surface area contributed by atoms with Crippen LogP contribution in [0.15, 0.2) is 30.5 Å². The van der Waals surface area contributed by atoms with Crippen LogP contribution in [0.5, 0.6) is 0 Å². The SMILES string of the molecule is CCCC(NC(=O)c1ccn(-c2ccc(Cl)c(Cl)c2)n1)C(=O)O. The monoisotopic (exact) mass is 355 g/mol. The first-order valence-electron chi connectivity index (χ1n) is 6.97. The summed E-state index contributed by atoms with van der Waals surface area (Å²) in [6.45, 7) is 1.85. The number of hydrogen-bond donors (Lipinski definition) is 2. The van der Waals surface area contributed by atoms with Crippen LogP contribution in [0.3, 0.4) is 0 Å². The number of hydrogen-bond acceptors (Lipinski definition) is 3. The van der Waals surface area contributed by atoms with E-state index < -0.39 is 17.9 Å². The third kappa shape index (κ3) is 4.24. The van der Waals surface area contributed by atoms with Crippen LogP contribution in [0.25, 0.3) is 5.69 Å². The zero-order valence-electron chi connectivity index (χ0n) is 12.3. The van der Waals surface area contributed by atoms with Gasteiger partial charge < -0.3 is 10.4 Å². The van der Waals surface area contributed by atoms with Gasteiger partial charge in [-0.05, 0) is 30.7 Å². The number of amides is 1. The zero-order chi connectivity index (χ0) is 17.0. The fourth-order valence-electron chi connectivity index (χ4n) is 1.99. The smallest absolute Gasteiger partial charge is 0.326 e. The highest BCUT2D eigenvalue weighted by Gasteiger charge is 2.21. The molecule has 0 aliphatic carbocycles. The summed E-state index contributed by atoms with van der Waals surface area (Å²) in [6, 6.07) is 5.53. The molecule has 0 aliphatic rings. The minimum absolute atomic E-state index is 0.124. The number of rotatable bonds is 6. The second-order valence-corrected chi connectivity index (χ2v) is 5.71. The molecule has 1 amide bonds. The maximum Gasteiger partial charge on any atom is 0.326 e. The van der Waals surface area contributed by atoms with Gasteiger partial charge in [0.25, 0.3) is 5.91 Å². The molecule has 0 bridgehead atoms. The van der Waals surface area contributed by atoms with Gasteiger partial charge in [0.1, 0.15) is 6.04 Å². The molecule has 6 nitrogen and oxygen atoms in total. The summed E-state index contributed by atoms with van der Waals surface area (Å²) in [7, 11) is 0. The zero-order valence-corrected chi connectivity index (χ0v) is 13.8. The van der Waals surface area contributed by atoms with E-state index >= 15 is 0 Å². The van der Waals surface area contributed by atoms with Crippen molar-refractivity contribution in [1.82, 2.24) is 15.1 Å². The molecule has 122 valence electrons. The first-order valence-corrected chi connectivity index (χ1v) is 7.72. The van der Waals surface area contributed by atoms with Crippen LogP contribution in [0, 0.1) is 0 Å². The van der Waals surface area contributed by atoms with Gasteiger partial charge >= 0.3 is 5.97 Å². The standard InChI is InChI=1S/C15H15Cl2N3O3/c1-2-3-13(15(22)23)18-14(21)12-6-7-20(19-12)9-4-5-10(16)11(17)8-9/h4-8,13H,2-3H2,1H3,(H,18,21)(H,22,23). The van der Waals surface area contributed by atoms with E-state index in [1.165, 1.54) is 10.7 Å². The third-order valence-electron chi connectivity index (χ3n) is 3.17. The molecule has 0 saturated carbocycles. The topological polar surface area (TPSA) is 84.2 Å². The highest BCUT2D eigenvalue weighted by molar-refractivity contribution is 6.42. The Morgan fingerprint density at radius 3 is 2.65 bits per heavy atom. The summed E-state index contributed by atoms with van der Waals surface area (Å²) in [4.78, 5) is 23.2. The van der Waals surface area contributed by atoms with Crippen molar-refractivity contribution in [2.45, 2.75) is 25.8 Å². The van der Waals surface area contributed by atoms with Gasteiger partial charge in [-0.1, -0.05) is 36.5 Å². The Hall–Kier alpha value is -2.05. The lowest BCUT2D eigenvalue weighted by Gasteiger charge is -2.12. The number of benzene rings is 1. The Balaban J connectivity index is 2.16. The third-order valence-corrected chi connectivity index (χ3v) is 3.91. The molecule has 0 fully saturated rings. The van der Waals surface area contributed by atoms with Crippen LogP contribution in [0.1, 0.15) is 30.3 Å². The molecular weight excluding hydrogens is 341 g/mol. The van der Waals surface area contributed by atoms with Crippen LogP contribution in [0.2, 0.25) is 10.0 Å². The van der Waals surface area contributed by atoms with Gasteiger partial charge in [0.2, 0.25) is 0 Å². The van der Waals surface area contributed by atoms with Gasteiger partial charge in [0.05, 0.1) is 15.7 Å². The van der Waals surface area contributed by atoms with Crippen molar-refractivity contribution >= 4 is 35.1 Å². The number of carbonyl (C=O) groups excluding carboxylic acids is 1. The Morgan fingerprint density at radius 1 is 1.30 bits per heavy atom. The van der Waals surface area contributed by atoms with E-state index in [1.807, 2.05) is 6.92 Å². The molecule has 0 spiro atoms. The maximum absolute atomic E-state index is 12.1. The number of carboxylic acid groups (broad SMARTS) is 1. The second-order valence-electron chi connectivity index (χ2n) is 4.90. The van der Waals surface area contributed by atoms with Crippen molar-refractivity contribution in [3.05, 3.63) is 46.2 Å². The number of nitrogens with zero attached hydrogens (tertiary/aromatic N) is 2. The van der Waals surface area contributed by atoms with Gasteiger partial charge in [-0.2, -0.15) is 5.10 Å². The average Bonchev–Trinajstić information content (AvgIpc) is 2.99. The number of carbonyl (C=O) groups is 2. The van der Waals surface area contributed by atoms with Crippen molar-refractivity contribution in [2.75, 3.05) is 0 Å². The van der Waals surface area contributed by atoms with Crippen molar-refractivity contribution in [2.24, 2.45) is 0 Å². The molecule has 0 aliphatic heterocycles. The Morgan fingerprint density at radius 2 is 2.04 bits per heavy atom. The van der Waals surface area contributed by atoms with E-state index in [1.54, 1.807) is 24.4 Å². The Labute approximate surface area is 143 Å². The predicted molar refractivity (Wildman–Crippen MR) is 87.4 cm³/mol. The highest BCUT2D eigenvalue weighted by atomic mass is 35.5. The van der Waals surface area contributed by atoms with E-state index in [-0.39, 0.29) is 5.69 Å². The van der Waals surface area contributed by atoms with E-state index in [2.05, 4.69) is 10.4 Å². The molecule has 8 heteroatoms. The van der Waals surface area contributed by atoms with Gasteiger partial charge in [0.15, 0.2) is 5.69 Å². The van der Waals surface area contributed by atoms with Crippen LogP contribution < -0.4 is 5.32 Å². The van der Waals surface area contributed by atoms with Crippen molar-refractivity contribution in [3.63, 3.8) is 0 Å². The minimum Gasteiger partial charge on any atom is -0.480 e. The number of halogens is 2. The van der Waals surface area contributed by atoms with Gasteiger partial charge in [0, 0.05) is 6.20 Å². The molecular formula is C15H15Cl2N3O3. The van der Waals surface area contributed by atoms with Gasteiger partial charge in [-0.3, -0.25) is 4.79 Å². The molecule has 2 aromatic rings. The predicted octanol–water partition coefficient (Wildman–Crippen LogP) is 3.16. The number of aromatic nitrogens is 2. The normalized spacial score (nSPS) is 12.0. The fraction of sp³-hybridized carbons (Fsp3) is 0.267. The lowest BCUT2D eigenvalue weighted by Crippen LogP contribution is -2.40. The summed E-state index contributed by atoms with van der Waals surface area (Å²) in [5.41, 5.74) is 0.764. The number of aliphatic carboxylic acids is 1. The first kappa shape index (κ1) is 17.3. The summed E-state index contributed by atoms with van der Waals surface area (Å²) < 4.78 is 1.46. The number of carboxylic acids is 1. The molecule has 23 heavy (non-hydrogen) atoms. The van der Waals surface area contributed by atoms with Gasteiger partial charge in [-0.15, -0.1) is 0 Å². The molecule has 2 rings (SSSR count). The first-order chi connectivity index (χ1) is 10.9. The van der Waals surface area contributed by atoms with Crippen molar-refractivity contribution in [3.8, 4) is 5.69 Å². The lowest BCUT2D eigenvalue weighted by molar-refractivity contribution is -0.139. The molecule has 1 unspecified atom stereocenters. The summed E-state index contributed by atoms with van der Waals surface area (Å²) in [5, 5.41) is 16.5. The molecule has 0 radical (unpaired) electrons. The molecule has 1 heterocycles. The lowest BCUT2D eigenvalue weighted by atomic mass is 10.1. The van der Waals surface area contributed by atoms with Crippen LogP contribution in [-0.4, -0.2) is 32.8 Å². The minimum atomic E-state index is -1.07. The second kappa shape index (κ2) is 7.48. The van der Waals surface area contributed by atoms with Crippen molar-refractivity contribution < 1.29 is 14.7 Å². The molecule has 1 atom stereocenters. The van der Waals surface area contributed by atoms with Crippen LogP contribution >= 0.6 is 23.2 Å². The molecule has 1 aromatic carbocycles. The summed E-state index contributed by atoms with van der Waals surface area (Å²) in [5.74, 6) is -1.60. The maximum atomic E-state index is 12.1. The van der Waals surface area contributed by atoms with E-state index in [0.29, 0.717) is 28.6 Å². The Kier molecular flexibility index (Phi) is 5.63. The average molecular weight is 356 g/mol. The highest BCUT2D eigenvalue weighted by Crippen LogP contribution is 2.24. The largest absolute Gasteiger partial charge is 0.480 e. The summed E-state index contributed by atoms with van der Waals surface area (Å²) >= 11 is 11.8. The fourth-order valence-corrected chi connectivity index (χ4v) is 2.29. The van der Waals surface area contributed by atoms with Crippen LogP contribution in [0.4, 0.5) is 0 Å². The van der Waals surface area contributed by atoms with E-state index in [9.17, 15) is 9.59 Å². The van der Waals surface area contributed by atoms with Gasteiger partial charge in [-0.25, -0.2) is 9.48 Å². The van der Waals surface area contributed by atoms with E-state index in [4.69, 9.17) is 28.3 Å². The molecule has 0 saturated heterocycles. The number of nitrogens with one attached hydrogen (secondary N) is 1. The molecule has 1 aromatic heterocycles. The molecule has 2 N–H and O–H groups in total. The quantitative estimate of drug-likeness (QED) is 0.833. The summed E-state index contributed by atoms with van der Waals surface area (Å²) in [6.07, 6.45) is 2.59. The van der Waals surface area contributed by atoms with Crippen LogP contribution in [-0.2, 0) is 4.79 Å². The van der Waals surface area contributed by atoms with Crippen molar-refractivity contribution in [1.29, 1.82) is 0 Å². The Bertz CT molecular complexity index is 731.